The molecular weight excluding hydrogens is 250 g/mol. The number of benzene rings is 2. The molecule has 0 unspecified atom stereocenters. The highest BCUT2D eigenvalue weighted by atomic mass is 16.2. The Morgan fingerprint density at radius 1 is 1.00 bits per heavy atom. The van der Waals surface area contributed by atoms with E-state index in [0.29, 0.717) is 11.7 Å². The molecule has 0 atom stereocenters. The third kappa shape index (κ3) is 2.74. The number of nitrogens with zero attached hydrogens (tertiary/aromatic N) is 1. The van der Waals surface area contributed by atoms with E-state index in [1.165, 1.54) is 0 Å². The molecule has 4 nitrogen and oxygen atoms in total. The van der Waals surface area contributed by atoms with E-state index in [4.69, 9.17) is 5.73 Å². The van der Waals surface area contributed by atoms with Gasteiger partial charge in [0.2, 0.25) is 0 Å². The minimum Gasteiger partial charge on any atom is -0.399 e. The topological polar surface area (TPSA) is 58.4 Å². The van der Waals surface area contributed by atoms with E-state index in [1.54, 1.807) is 17.0 Å². The van der Waals surface area contributed by atoms with Gasteiger partial charge in [-0.05, 0) is 49.2 Å². The molecule has 4 heteroatoms. The molecule has 0 aromatic heterocycles. The van der Waals surface area contributed by atoms with Crippen molar-refractivity contribution in [1.29, 1.82) is 0 Å². The fourth-order valence-corrected chi connectivity index (χ4v) is 2.05. The highest BCUT2D eigenvalue weighted by Crippen LogP contribution is 2.27. The number of nitrogen functional groups attached to an aromatic ring is 1. The summed E-state index contributed by atoms with van der Waals surface area (Å²) in [5.41, 5.74) is 8.05. The quantitative estimate of drug-likeness (QED) is 0.838. The van der Waals surface area contributed by atoms with Crippen LogP contribution in [0.25, 0.3) is 0 Å². The molecule has 1 fully saturated rings. The summed E-state index contributed by atoms with van der Waals surface area (Å²) in [5.74, 6) is 0. The summed E-state index contributed by atoms with van der Waals surface area (Å²) in [7, 11) is 0. The number of carbonyl (C=O) groups excluding carboxylic acids is 1. The summed E-state index contributed by atoms with van der Waals surface area (Å²) in [6.07, 6.45) is 2.13. The van der Waals surface area contributed by atoms with Gasteiger partial charge in [0.1, 0.15) is 0 Å². The Bertz CT molecular complexity index is 591. The molecule has 3 rings (SSSR count). The van der Waals surface area contributed by atoms with Crippen molar-refractivity contribution in [2.45, 2.75) is 18.9 Å². The number of urea groups is 1. The second-order valence-electron chi connectivity index (χ2n) is 4.99. The van der Waals surface area contributed by atoms with Crippen LogP contribution in [-0.4, -0.2) is 12.1 Å². The highest BCUT2D eigenvalue weighted by molar-refractivity contribution is 5.99. The standard InChI is InChI=1S/C16H17N3O/c17-12-6-10-15(11-7-12)19(14-4-2-1-3-5-14)16(20)18-13-8-9-13/h1-7,10-11,13H,8-9,17H2,(H,18,20). The van der Waals surface area contributed by atoms with Crippen LogP contribution in [-0.2, 0) is 0 Å². The Morgan fingerprint density at radius 3 is 2.20 bits per heavy atom. The van der Waals surface area contributed by atoms with Crippen LogP contribution in [0.1, 0.15) is 12.8 Å². The molecule has 2 amide bonds. The number of hydrogen-bond donors (Lipinski definition) is 2. The van der Waals surface area contributed by atoms with Crippen molar-refractivity contribution < 1.29 is 4.79 Å². The lowest BCUT2D eigenvalue weighted by molar-refractivity contribution is 0.248. The molecule has 1 saturated carbocycles. The maximum absolute atomic E-state index is 12.5. The molecular formula is C16H17N3O. The Balaban J connectivity index is 1.93. The fourth-order valence-electron chi connectivity index (χ4n) is 2.05. The first kappa shape index (κ1) is 12.5. The predicted octanol–water partition coefficient (Wildman–Crippen LogP) is 3.28. The molecule has 0 aliphatic heterocycles. The molecule has 0 bridgehead atoms. The molecule has 1 aliphatic rings. The monoisotopic (exact) mass is 267 g/mol. The number of hydrogen-bond acceptors (Lipinski definition) is 2. The highest BCUT2D eigenvalue weighted by Gasteiger charge is 2.27. The van der Waals surface area contributed by atoms with Crippen LogP contribution in [0.4, 0.5) is 21.9 Å². The average molecular weight is 267 g/mol. The molecule has 1 aliphatic carbocycles. The van der Waals surface area contributed by atoms with Crippen LogP contribution in [0.15, 0.2) is 54.6 Å². The van der Waals surface area contributed by atoms with Crippen molar-refractivity contribution in [2.24, 2.45) is 0 Å². The number of anilines is 3. The average Bonchev–Trinajstić information content (AvgIpc) is 3.26. The van der Waals surface area contributed by atoms with Crippen molar-refractivity contribution in [3.05, 3.63) is 54.6 Å². The van der Waals surface area contributed by atoms with Crippen molar-refractivity contribution in [1.82, 2.24) is 5.32 Å². The van der Waals surface area contributed by atoms with Gasteiger partial charge in [-0.1, -0.05) is 18.2 Å². The molecule has 0 spiro atoms. The lowest BCUT2D eigenvalue weighted by Crippen LogP contribution is -2.38. The van der Waals surface area contributed by atoms with E-state index in [9.17, 15) is 4.79 Å². The Labute approximate surface area is 118 Å². The van der Waals surface area contributed by atoms with Gasteiger partial charge in [0.15, 0.2) is 0 Å². The second-order valence-corrected chi connectivity index (χ2v) is 4.99. The van der Waals surface area contributed by atoms with Gasteiger partial charge < -0.3 is 11.1 Å². The van der Waals surface area contributed by atoms with Crippen molar-refractivity contribution in [2.75, 3.05) is 10.6 Å². The normalized spacial score (nSPS) is 13.8. The number of carbonyl (C=O) groups is 1. The van der Waals surface area contributed by atoms with Crippen LogP contribution >= 0.6 is 0 Å². The molecule has 0 saturated heterocycles. The Hall–Kier alpha value is -2.49. The fraction of sp³-hybridized carbons (Fsp3) is 0.188. The SMILES string of the molecule is Nc1ccc(N(C(=O)NC2CC2)c2ccccc2)cc1. The van der Waals surface area contributed by atoms with Crippen LogP contribution in [0.2, 0.25) is 0 Å². The van der Waals surface area contributed by atoms with E-state index in [-0.39, 0.29) is 6.03 Å². The maximum atomic E-state index is 12.5. The summed E-state index contributed by atoms with van der Waals surface area (Å²) in [6.45, 7) is 0. The third-order valence-corrected chi connectivity index (χ3v) is 3.27. The molecule has 2 aromatic carbocycles. The van der Waals surface area contributed by atoms with E-state index in [0.717, 1.165) is 24.2 Å². The summed E-state index contributed by atoms with van der Waals surface area (Å²) >= 11 is 0. The summed E-state index contributed by atoms with van der Waals surface area (Å²) in [5, 5.41) is 3.02. The molecule has 3 N–H and O–H groups in total. The van der Waals surface area contributed by atoms with Gasteiger partial charge in [0.05, 0.1) is 11.4 Å². The predicted molar refractivity (Wildman–Crippen MR) is 81.0 cm³/mol. The lowest BCUT2D eigenvalue weighted by Gasteiger charge is -2.23. The third-order valence-electron chi connectivity index (χ3n) is 3.27. The zero-order valence-corrected chi connectivity index (χ0v) is 11.1. The summed E-state index contributed by atoms with van der Waals surface area (Å²) in [4.78, 5) is 14.1. The van der Waals surface area contributed by atoms with E-state index >= 15 is 0 Å². The van der Waals surface area contributed by atoms with Crippen molar-refractivity contribution in [3.63, 3.8) is 0 Å². The van der Waals surface area contributed by atoms with E-state index in [2.05, 4.69) is 5.32 Å². The second kappa shape index (κ2) is 5.25. The summed E-state index contributed by atoms with van der Waals surface area (Å²) < 4.78 is 0. The zero-order valence-electron chi connectivity index (χ0n) is 11.1. The minimum absolute atomic E-state index is 0.0940. The number of para-hydroxylation sites is 1. The lowest BCUT2D eigenvalue weighted by atomic mass is 10.2. The molecule has 20 heavy (non-hydrogen) atoms. The Morgan fingerprint density at radius 2 is 1.60 bits per heavy atom. The first-order chi connectivity index (χ1) is 9.74. The maximum Gasteiger partial charge on any atom is 0.326 e. The van der Waals surface area contributed by atoms with Crippen LogP contribution < -0.4 is 16.0 Å². The molecule has 2 aromatic rings. The largest absolute Gasteiger partial charge is 0.399 e. The van der Waals surface area contributed by atoms with Gasteiger partial charge in [-0.25, -0.2) is 4.79 Å². The van der Waals surface area contributed by atoms with Gasteiger partial charge >= 0.3 is 6.03 Å². The van der Waals surface area contributed by atoms with Gasteiger partial charge in [-0.2, -0.15) is 0 Å². The van der Waals surface area contributed by atoms with Crippen LogP contribution in [0.3, 0.4) is 0 Å². The number of nitrogens with one attached hydrogen (secondary N) is 1. The minimum atomic E-state index is -0.0940. The molecule has 0 radical (unpaired) electrons. The van der Waals surface area contributed by atoms with Gasteiger partial charge in [-0.15, -0.1) is 0 Å². The molecule has 0 heterocycles. The molecule has 102 valence electrons. The van der Waals surface area contributed by atoms with E-state index < -0.39 is 0 Å². The first-order valence-electron chi connectivity index (χ1n) is 6.75. The Kier molecular flexibility index (Phi) is 3.29. The van der Waals surface area contributed by atoms with Crippen molar-refractivity contribution in [3.8, 4) is 0 Å². The van der Waals surface area contributed by atoms with Gasteiger partial charge in [0, 0.05) is 11.7 Å². The number of rotatable bonds is 3. The summed E-state index contributed by atoms with van der Waals surface area (Å²) in [6, 6.07) is 17.2. The number of amides is 2. The van der Waals surface area contributed by atoms with E-state index in [1.807, 2.05) is 42.5 Å². The van der Waals surface area contributed by atoms with Crippen LogP contribution in [0.5, 0.6) is 0 Å². The van der Waals surface area contributed by atoms with Crippen molar-refractivity contribution >= 4 is 23.1 Å². The number of nitrogens with two attached hydrogens (primary N) is 1. The smallest absolute Gasteiger partial charge is 0.326 e. The van der Waals surface area contributed by atoms with Gasteiger partial charge in [0.25, 0.3) is 0 Å². The van der Waals surface area contributed by atoms with Crippen LogP contribution in [0, 0.1) is 0 Å². The zero-order chi connectivity index (χ0) is 13.9. The first-order valence-corrected chi connectivity index (χ1v) is 6.75. The van der Waals surface area contributed by atoms with Gasteiger partial charge in [-0.3, -0.25) is 4.90 Å².